The summed E-state index contributed by atoms with van der Waals surface area (Å²) < 4.78 is 1.36. The number of aromatic nitrogens is 3. The molecule has 0 aliphatic carbocycles. The van der Waals surface area contributed by atoms with Gasteiger partial charge in [-0.1, -0.05) is 35.3 Å². The predicted molar refractivity (Wildman–Crippen MR) is 72.4 cm³/mol. The monoisotopic (exact) mass is 299 g/mol. The van der Waals surface area contributed by atoms with Gasteiger partial charge in [-0.15, -0.1) is 5.10 Å². The van der Waals surface area contributed by atoms with Crippen molar-refractivity contribution in [1.82, 2.24) is 15.0 Å². The maximum Gasteiger partial charge on any atom is 0.328 e. The zero-order valence-electron chi connectivity index (χ0n) is 10.0. The lowest BCUT2D eigenvalue weighted by atomic mass is 10.1. The number of carbonyl (C=O) groups is 1. The highest BCUT2D eigenvalue weighted by atomic mass is 35.5. The summed E-state index contributed by atoms with van der Waals surface area (Å²) in [6.07, 6.45) is 1.89. The van der Waals surface area contributed by atoms with Crippen LogP contribution in [0, 0.1) is 0 Å². The van der Waals surface area contributed by atoms with Gasteiger partial charge in [-0.2, -0.15) is 0 Å². The summed E-state index contributed by atoms with van der Waals surface area (Å²) >= 11 is 12.0. The first kappa shape index (κ1) is 13.8. The topological polar surface area (TPSA) is 68.0 Å². The molecule has 2 aromatic rings. The number of nitrogens with zero attached hydrogens (tertiary/aromatic N) is 3. The minimum absolute atomic E-state index is 0.400. The van der Waals surface area contributed by atoms with E-state index in [-0.39, 0.29) is 0 Å². The lowest BCUT2D eigenvalue weighted by molar-refractivity contribution is -0.141. The van der Waals surface area contributed by atoms with Gasteiger partial charge in [0.15, 0.2) is 6.04 Å². The van der Waals surface area contributed by atoms with Gasteiger partial charge in [0.1, 0.15) is 0 Å². The molecule has 0 saturated carbocycles. The van der Waals surface area contributed by atoms with Gasteiger partial charge in [0.2, 0.25) is 0 Å². The molecule has 0 amide bonds. The summed E-state index contributed by atoms with van der Waals surface area (Å²) in [6, 6.07) is 4.22. The third-order valence-electron chi connectivity index (χ3n) is 2.75. The Labute approximate surface area is 119 Å². The van der Waals surface area contributed by atoms with Gasteiger partial charge in [0.25, 0.3) is 0 Å². The van der Waals surface area contributed by atoms with Gasteiger partial charge in [-0.25, -0.2) is 9.48 Å². The fourth-order valence-electron chi connectivity index (χ4n) is 1.82. The zero-order chi connectivity index (χ0) is 14.0. The summed E-state index contributed by atoms with van der Waals surface area (Å²) in [5.41, 5.74) is 1.20. The minimum atomic E-state index is -0.959. The molecule has 0 fully saturated rings. The first-order chi connectivity index (χ1) is 9.04. The number of carboxylic acid groups (broad SMARTS) is 1. The van der Waals surface area contributed by atoms with Crippen LogP contribution >= 0.6 is 23.2 Å². The lowest BCUT2D eigenvalue weighted by Gasteiger charge is -2.13. The van der Waals surface area contributed by atoms with Gasteiger partial charge in [-0.05, 0) is 24.6 Å². The second-order valence-electron chi connectivity index (χ2n) is 3.95. The van der Waals surface area contributed by atoms with Crippen molar-refractivity contribution in [3.05, 3.63) is 34.4 Å². The third-order valence-corrected chi connectivity index (χ3v) is 3.30. The van der Waals surface area contributed by atoms with E-state index in [4.69, 9.17) is 23.2 Å². The standard InChI is InChI=1S/C12H11Cl2N3O2/c1-2-10(12(18)19)17-11(6-15-16-17)8-4-3-7(13)5-9(8)14/h3-6,10H,2H2,1H3,(H,18,19). The maximum absolute atomic E-state index is 11.2. The Morgan fingerprint density at radius 2 is 2.21 bits per heavy atom. The summed E-state index contributed by atoms with van der Waals surface area (Å²) in [5, 5.41) is 17.7. The number of rotatable bonds is 4. The minimum Gasteiger partial charge on any atom is -0.480 e. The van der Waals surface area contributed by atoms with E-state index in [0.29, 0.717) is 27.7 Å². The number of hydrogen-bond acceptors (Lipinski definition) is 3. The van der Waals surface area contributed by atoms with Crippen molar-refractivity contribution in [2.24, 2.45) is 0 Å². The van der Waals surface area contributed by atoms with Crippen molar-refractivity contribution >= 4 is 29.2 Å². The molecule has 1 N–H and O–H groups in total. The van der Waals surface area contributed by atoms with E-state index in [2.05, 4.69) is 10.3 Å². The molecule has 5 nitrogen and oxygen atoms in total. The van der Waals surface area contributed by atoms with E-state index in [1.54, 1.807) is 25.1 Å². The van der Waals surface area contributed by atoms with Gasteiger partial charge in [0.05, 0.1) is 16.9 Å². The fourth-order valence-corrected chi connectivity index (χ4v) is 2.32. The zero-order valence-corrected chi connectivity index (χ0v) is 11.6. The average Bonchev–Trinajstić information content (AvgIpc) is 2.78. The van der Waals surface area contributed by atoms with Crippen LogP contribution in [-0.2, 0) is 4.79 Å². The van der Waals surface area contributed by atoms with E-state index in [1.807, 2.05) is 0 Å². The van der Waals surface area contributed by atoms with Crippen LogP contribution in [-0.4, -0.2) is 26.1 Å². The van der Waals surface area contributed by atoms with Gasteiger partial charge < -0.3 is 5.11 Å². The normalized spacial score (nSPS) is 12.4. The molecule has 0 saturated heterocycles. The Bertz CT molecular complexity index is 613. The molecule has 0 radical (unpaired) electrons. The van der Waals surface area contributed by atoms with Crippen molar-refractivity contribution in [3.63, 3.8) is 0 Å². The van der Waals surface area contributed by atoms with Crippen LogP contribution < -0.4 is 0 Å². The smallest absolute Gasteiger partial charge is 0.328 e. The van der Waals surface area contributed by atoms with Crippen LogP contribution in [0.4, 0.5) is 0 Å². The van der Waals surface area contributed by atoms with Gasteiger partial charge in [0, 0.05) is 10.6 Å². The van der Waals surface area contributed by atoms with E-state index >= 15 is 0 Å². The average molecular weight is 300 g/mol. The molecule has 2 rings (SSSR count). The first-order valence-electron chi connectivity index (χ1n) is 5.63. The van der Waals surface area contributed by atoms with Crippen molar-refractivity contribution in [1.29, 1.82) is 0 Å². The first-order valence-corrected chi connectivity index (χ1v) is 6.38. The molecule has 0 aliphatic heterocycles. The summed E-state index contributed by atoms with van der Waals surface area (Å²) in [4.78, 5) is 11.2. The van der Waals surface area contributed by atoms with Crippen LogP contribution in [0.1, 0.15) is 19.4 Å². The molecule has 1 aromatic carbocycles. The van der Waals surface area contributed by atoms with Crippen molar-refractivity contribution < 1.29 is 9.90 Å². The Morgan fingerprint density at radius 1 is 1.47 bits per heavy atom. The summed E-state index contributed by atoms with van der Waals surface area (Å²) in [5.74, 6) is -0.959. The van der Waals surface area contributed by atoms with E-state index in [1.165, 1.54) is 10.9 Å². The van der Waals surface area contributed by atoms with E-state index < -0.39 is 12.0 Å². The Morgan fingerprint density at radius 3 is 2.79 bits per heavy atom. The molecule has 1 atom stereocenters. The number of benzene rings is 1. The van der Waals surface area contributed by atoms with Crippen molar-refractivity contribution in [2.45, 2.75) is 19.4 Å². The van der Waals surface area contributed by atoms with Crippen LogP contribution in [0.3, 0.4) is 0 Å². The van der Waals surface area contributed by atoms with Gasteiger partial charge in [-0.3, -0.25) is 0 Å². The molecule has 7 heteroatoms. The van der Waals surface area contributed by atoms with Crippen molar-refractivity contribution in [3.8, 4) is 11.3 Å². The predicted octanol–water partition coefficient (Wildman–Crippen LogP) is 3.29. The molecular formula is C12H11Cl2N3O2. The second kappa shape index (κ2) is 5.59. The number of halogens is 2. The lowest BCUT2D eigenvalue weighted by Crippen LogP contribution is -2.20. The molecule has 0 bridgehead atoms. The highest BCUT2D eigenvalue weighted by molar-refractivity contribution is 6.36. The fraction of sp³-hybridized carbons (Fsp3) is 0.250. The summed E-state index contributed by atoms with van der Waals surface area (Å²) in [7, 11) is 0. The molecule has 19 heavy (non-hydrogen) atoms. The molecule has 100 valence electrons. The number of carboxylic acids is 1. The van der Waals surface area contributed by atoms with Crippen LogP contribution in [0.5, 0.6) is 0 Å². The molecule has 1 aromatic heterocycles. The number of aliphatic carboxylic acids is 1. The molecule has 1 unspecified atom stereocenters. The molecular weight excluding hydrogens is 289 g/mol. The highest BCUT2D eigenvalue weighted by Gasteiger charge is 2.22. The van der Waals surface area contributed by atoms with Gasteiger partial charge >= 0.3 is 5.97 Å². The molecule has 0 spiro atoms. The summed E-state index contributed by atoms with van der Waals surface area (Å²) in [6.45, 7) is 1.77. The van der Waals surface area contributed by atoms with E-state index in [0.717, 1.165) is 0 Å². The molecule has 0 aliphatic rings. The maximum atomic E-state index is 11.2. The van der Waals surface area contributed by atoms with Crippen molar-refractivity contribution in [2.75, 3.05) is 0 Å². The van der Waals surface area contributed by atoms with E-state index in [9.17, 15) is 9.90 Å². The second-order valence-corrected chi connectivity index (χ2v) is 4.79. The third kappa shape index (κ3) is 2.72. The Balaban J connectivity index is 2.52. The SMILES string of the molecule is CCC(C(=O)O)n1nncc1-c1ccc(Cl)cc1Cl. The highest BCUT2D eigenvalue weighted by Crippen LogP contribution is 2.31. The van der Waals surface area contributed by atoms with Crippen LogP contribution in [0.25, 0.3) is 11.3 Å². The Hall–Kier alpha value is -1.59. The Kier molecular flexibility index (Phi) is 4.07. The molecule has 1 heterocycles. The quantitative estimate of drug-likeness (QED) is 0.940. The number of hydrogen-bond donors (Lipinski definition) is 1. The van der Waals surface area contributed by atoms with Crippen LogP contribution in [0.15, 0.2) is 24.4 Å². The van der Waals surface area contributed by atoms with Crippen LogP contribution in [0.2, 0.25) is 10.0 Å². The largest absolute Gasteiger partial charge is 0.480 e.